The molecule has 0 radical (unpaired) electrons. The number of hydrogen-bond acceptors (Lipinski definition) is 8. The number of nitrogens with zero attached hydrogens (tertiary/aromatic N) is 6. The van der Waals surface area contributed by atoms with Crippen molar-refractivity contribution in [3.8, 4) is 23.0 Å². The normalized spacial score (nSPS) is 11.2. The number of aromatic nitrogens is 2. The Labute approximate surface area is 212 Å². The summed E-state index contributed by atoms with van der Waals surface area (Å²) < 4.78 is 25.7. The van der Waals surface area contributed by atoms with Crippen molar-refractivity contribution < 1.29 is 23.6 Å². The van der Waals surface area contributed by atoms with Gasteiger partial charge >= 0.3 is 5.82 Å². The molecule has 0 aliphatic carbocycles. The van der Waals surface area contributed by atoms with E-state index in [9.17, 15) is 0 Å². The van der Waals surface area contributed by atoms with Crippen LogP contribution in [0, 0.1) is 6.92 Å². The number of imidazole rings is 1. The quantitative estimate of drug-likeness (QED) is 0.318. The number of benzene rings is 2. The SMILES string of the molecule is COc1cc(/C=N\n2cc[n+](/N=C\c3cc(OC)c(N(C)C)c(OC)c3)c2C)cc(OC)c1N(C)C. The number of ether oxygens (including phenoxy) is 4. The van der Waals surface area contributed by atoms with Crippen LogP contribution in [0.1, 0.15) is 17.0 Å². The van der Waals surface area contributed by atoms with Crippen LogP contribution in [0.3, 0.4) is 0 Å². The molecule has 3 rings (SSSR count). The van der Waals surface area contributed by atoms with Gasteiger partial charge in [-0.05, 0) is 24.3 Å². The van der Waals surface area contributed by atoms with Gasteiger partial charge in [-0.2, -0.15) is 0 Å². The van der Waals surface area contributed by atoms with E-state index in [-0.39, 0.29) is 0 Å². The first-order valence-corrected chi connectivity index (χ1v) is 11.3. The largest absolute Gasteiger partial charge is 0.494 e. The molecule has 36 heavy (non-hydrogen) atoms. The molecule has 2 aromatic carbocycles. The zero-order chi connectivity index (χ0) is 26.4. The Morgan fingerprint density at radius 1 is 0.722 bits per heavy atom. The Morgan fingerprint density at radius 3 is 1.53 bits per heavy atom. The lowest BCUT2D eigenvalue weighted by atomic mass is 10.1. The molecule has 0 saturated carbocycles. The Kier molecular flexibility index (Phi) is 8.42. The molecule has 10 heteroatoms. The third-order valence-corrected chi connectivity index (χ3v) is 5.57. The average Bonchev–Trinajstić information content (AvgIpc) is 3.23. The molecular formula is C26H35N6O4+. The van der Waals surface area contributed by atoms with Gasteiger partial charge < -0.3 is 28.7 Å². The summed E-state index contributed by atoms with van der Waals surface area (Å²) in [5, 5.41) is 9.18. The van der Waals surface area contributed by atoms with Crippen molar-refractivity contribution in [2.24, 2.45) is 10.2 Å². The first-order valence-electron chi connectivity index (χ1n) is 11.3. The van der Waals surface area contributed by atoms with Crippen LogP contribution in [0.2, 0.25) is 0 Å². The minimum atomic E-state index is 0.704. The third kappa shape index (κ3) is 5.54. The molecule has 1 heterocycles. The van der Waals surface area contributed by atoms with E-state index in [2.05, 4.69) is 10.2 Å². The highest BCUT2D eigenvalue weighted by Crippen LogP contribution is 2.38. The first kappa shape index (κ1) is 26.4. The molecule has 0 unspecified atom stereocenters. The minimum Gasteiger partial charge on any atom is -0.494 e. The molecule has 0 spiro atoms. The van der Waals surface area contributed by atoms with E-state index >= 15 is 0 Å². The number of rotatable bonds is 10. The summed E-state index contributed by atoms with van der Waals surface area (Å²) in [5.74, 6) is 3.63. The van der Waals surface area contributed by atoms with Crippen molar-refractivity contribution in [3.05, 3.63) is 53.6 Å². The minimum absolute atomic E-state index is 0.704. The van der Waals surface area contributed by atoms with Crippen LogP contribution in [0.4, 0.5) is 11.4 Å². The lowest BCUT2D eigenvalue weighted by Crippen LogP contribution is -2.29. The van der Waals surface area contributed by atoms with Crippen molar-refractivity contribution in [1.82, 2.24) is 4.68 Å². The molecule has 0 saturated heterocycles. The van der Waals surface area contributed by atoms with E-state index in [4.69, 9.17) is 18.9 Å². The van der Waals surface area contributed by atoms with Gasteiger partial charge in [0.05, 0.1) is 40.9 Å². The summed E-state index contributed by atoms with van der Waals surface area (Å²) in [6.07, 6.45) is 7.17. The molecule has 0 N–H and O–H groups in total. The highest BCUT2D eigenvalue weighted by Gasteiger charge is 2.16. The van der Waals surface area contributed by atoms with Gasteiger partial charge in [-0.15, -0.1) is 9.35 Å². The molecule has 192 valence electrons. The van der Waals surface area contributed by atoms with Crippen molar-refractivity contribution in [1.29, 1.82) is 0 Å². The van der Waals surface area contributed by atoms with Crippen molar-refractivity contribution in [3.63, 3.8) is 0 Å². The topological polar surface area (TPSA) is 76.9 Å². The summed E-state index contributed by atoms with van der Waals surface area (Å²) in [5.41, 5.74) is 3.43. The average molecular weight is 496 g/mol. The molecule has 0 bridgehead atoms. The summed E-state index contributed by atoms with van der Waals surface area (Å²) in [7, 11) is 14.3. The van der Waals surface area contributed by atoms with Gasteiger partial charge in [-0.25, -0.2) is 0 Å². The monoisotopic (exact) mass is 495 g/mol. The van der Waals surface area contributed by atoms with Gasteiger partial charge in [0.15, 0.2) is 12.4 Å². The van der Waals surface area contributed by atoms with Crippen LogP contribution in [-0.4, -0.2) is 73.7 Å². The Morgan fingerprint density at radius 2 is 1.14 bits per heavy atom. The van der Waals surface area contributed by atoms with Crippen LogP contribution >= 0.6 is 0 Å². The van der Waals surface area contributed by atoms with E-state index in [0.29, 0.717) is 23.0 Å². The van der Waals surface area contributed by atoms with Crippen LogP contribution in [0.25, 0.3) is 0 Å². The van der Waals surface area contributed by atoms with Gasteiger partial charge in [-0.1, -0.05) is 10.2 Å². The number of hydrogen-bond donors (Lipinski definition) is 0. The fourth-order valence-electron chi connectivity index (χ4n) is 3.81. The van der Waals surface area contributed by atoms with Crippen LogP contribution < -0.4 is 33.4 Å². The predicted molar refractivity (Wildman–Crippen MR) is 143 cm³/mol. The first-order chi connectivity index (χ1) is 17.2. The summed E-state index contributed by atoms with van der Waals surface area (Å²) in [6.45, 7) is 1.93. The maximum atomic E-state index is 5.56. The second-order valence-corrected chi connectivity index (χ2v) is 8.36. The number of methoxy groups -OCH3 is 4. The standard InChI is InChI=1S/C26H35N6O4/c1-18-31(27-16-19-12-21(33-6)25(29(2)3)22(13-19)34-7)10-11-32(18)28-17-20-14-23(35-8)26(30(4)5)24(15-20)36-9/h10-17H,1-9H3/q+1/b27-16-,28-17-. The van der Waals surface area contributed by atoms with Gasteiger partial charge in [0.1, 0.15) is 34.4 Å². The molecule has 0 fully saturated rings. The van der Waals surface area contributed by atoms with E-state index < -0.39 is 0 Å². The second-order valence-electron chi connectivity index (χ2n) is 8.36. The molecule has 0 amide bonds. The van der Waals surface area contributed by atoms with E-state index in [1.807, 2.05) is 81.6 Å². The van der Waals surface area contributed by atoms with Crippen molar-refractivity contribution in [2.75, 3.05) is 66.4 Å². The summed E-state index contributed by atoms with van der Waals surface area (Å²) in [6, 6.07) is 7.68. The Bertz CT molecular complexity index is 1120. The fraction of sp³-hybridized carbons (Fsp3) is 0.346. The van der Waals surface area contributed by atoms with Gasteiger partial charge in [0.25, 0.3) is 0 Å². The van der Waals surface area contributed by atoms with Gasteiger partial charge in [0, 0.05) is 46.2 Å². The molecule has 0 aliphatic rings. The van der Waals surface area contributed by atoms with E-state index in [1.54, 1.807) is 50.2 Å². The van der Waals surface area contributed by atoms with E-state index in [0.717, 1.165) is 28.3 Å². The van der Waals surface area contributed by atoms with Crippen LogP contribution in [-0.2, 0) is 0 Å². The third-order valence-electron chi connectivity index (χ3n) is 5.57. The highest BCUT2D eigenvalue weighted by molar-refractivity contribution is 5.85. The van der Waals surface area contributed by atoms with Crippen molar-refractivity contribution >= 4 is 23.8 Å². The molecule has 10 nitrogen and oxygen atoms in total. The molecule has 0 atom stereocenters. The fourth-order valence-corrected chi connectivity index (χ4v) is 3.81. The van der Waals surface area contributed by atoms with Gasteiger partial charge in [0.2, 0.25) is 0 Å². The zero-order valence-corrected chi connectivity index (χ0v) is 22.4. The van der Waals surface area contributed by atoms with Crippen molar-refractivity contribution in [2.45, 2.75) is 6.92 Å². The maximum absolute atomic E-state index is 5.56. The van der Waals surface area contributed by atoms with E-state index in [1.165, 1.54) is 0 Å². The summed E-state index contributed by atoms with van der Waals surface area (Å²) in [4.78, 5) is 3.91. The number of anilines is 2. The molecule has 3 aromatic rings. The lowest BCUT2D eigenvalue weighted by Gasteiger charge is -2.20. The molecule has 1 aromatic heterocycles. The maximum Gasteiger partial charge on any atom is 0.304 e. The van der Waals surface area contributed by atoms with Crippen LogP contribution in [0.5, 0.6) is 23.0 Å². The smallest absolute Gasteiger partial charge is 0.304 e. The zero-order valence-electron chi connectivity index (χ0n) is 22.4. The molecule has 0 aliphatic heterocycles. The van der Waals surface area contributed by atoms with Gasteiger partial charge in [-0.3, -0.25) is 0 Å². The second kappa shape index (κ2) is 11.5. The Balaban J connectivity index is 1.88. The summed E-state index contributed by atoms with van der Waals surface area (Å²) >= 11 is 0. The predicted octanol–water partition coefficient (Wildman–Crippen LogP) is 3.01. The van der Waals surface area contributed by atoms with Crippen LogP contribution in [0.15, 0.2) is 46.9 Å². The Hall–Kier alpha value is -4.21. The lowest BCUT2D eigenvalue weighted by molar-refractivity contribution is -0.684. The molecular weight excluding hydrogens is 460 g/mol. The highest BCUT2D eigenvalue weighted by atomic mass is 16.5.